The van der Waals surface area contributed by atoms with E-state index in [9.17, 15) is 0 Å². The number of piperazine rings is 1. The standard InChI is InChI=1S/C18H30N2/c1-18(2,3)17-15-20(14-12-19-17)13-8-7-11-16-9-5-4-6-10-16/h4-6,9-10,17,19H,7-8,11-15H2,1-3H3. The Labute approximate surface area is 124 Å². The topological polar surface area (TPSA) is 15.3 Å². The number of hydrogen-bond acceptors (Lipinski definition) is 2. The van der Waals surface area contributed by atoms with Crippen molar-refractivity contribution in [3.05, 3.63) is 35.9 Å². The third-order valence-electron chi connectivity index (χ3n) is 4.34. The lowest BCUT2D eigenvalue weighted by molar-refractivity contribution is 0.133. The third-order valence-corrected chi connectivity index (χ3v) is 4.34. The van der Waals surface area contributed by atoms with E-state index < -0.39 is 0 Å². The lowest BCUT2D eigenvalue weighted by atomic mass is 9.85. The molecule has 1 aliphatic heterocycles. The van der Waals surface area contributed by atoms with Crippen LogP contribution in [0.25, 0.3) is 0 Å². The first kappa shape index (κ1) is 15.5. The smallest absolute Gasteiger partial charge is 0.0244 e. The number of hydrogen-bond donors (Lipinski definition) is 1. The maximum Gasteiger partial charge on any atom is 0.0244 e. The zero-order valence-electron chi connectivity index (χ0n) is 13.4. The van der Waals surface area contributed by atoms with Crippen molar-refractivity contribution < 1.29 is 0 Å². The van der Waals surface area contributed by atoms with Gasteiger partial charge in [-0.15, -0.1) is 0 Å². The normalized spacial score (nSPS) is 21.1. The average molecular weight is 274 g/mol. The van der Waals surface area contributed by atoms with Crippen LogP contribution in [0.4, 0.5) is 0 Å². The summed E-state index contributed by atoms with van der Waals surface area (Å²) in [6, 6.07) is 11.5. The van der Waals surface area contributed by atoms with Gasteiger partial charge >= 0.3 is 0 Å². The molecular formula is C18H30N2. The van der Waals surface area contributed by atoms with Gasteiger partial charge in [-0.05, 0) is 36.8 Å². The van der Waals surface area contributed by atoms with Crippen molar-refractivity contribution in [2.75, 3.05) is 26.2 Å². The van der Waals surface area contributed by atoms with Crippen LogP contribution < -0.4 is 5.32 Å². The van der Waals surface area contributed by atoms with Gasteiger partial charge in [-0.25, -0.2) is 0 Å². The first-order chi connectivity index (χ1) is 9.55. The molecule has 0 saturated carbocycles. The fourth-order valence-corrected chi connectivity index (χ4v) is 2.90. The Balaban J connectivity index is 1.66. The molecule has 1 N–H and O–H groups in total. The minimum atomic E-state index is 0.364. The van der Waals surface area contributed by atoms with E-state index in [2.05, 4.69) is 61.3 Å². The molecule has 0 aliphatic carbocycles. The summed E-state index contributed by atoms with van der Waals surface area (Å²) in [6.45, 7) is 11.8. The molecule has 2 nitrogen and oxygen atoms in total. The Hall–Kier alpha value is -0.860. The van der Waals surface area contributed by atoms with Gasteiger partial charge < -0.3 is 10.2 Å². The summed E-state index contributed by atoms with van der Waals surface area (Å²) in [5, 5.41) is 3.66. The quantitative estimate of drug-likeness (QED) is 0.829. The van der Waals surface area contributed by atoms with Gasteiger partial charge in [-0.2, -0.15) is 0 Å². The second kappa shape index (κ2) is 7.24. The van der Waals surface area contributed by atoms with E-state index in [1.54, 1.807) is 0 Å². The summed E-state index contributed by atoms with van der Waals surface area (Å²) in [6.07, 6.45) is 3.83. The Morgan fingerprint density at radius 3 is 2.60 bits per heavy atom. The van der Waals surface area contributed by atoms with Crippen LogP contribution in [0, 0.1) is 5.41 Å². The molecule has 0 bridgehead atoms. The third kappa shape index (κ3) is 4.92. The zero-order valence-corrected chi connectivity index (χ0v) is 13.4. The average Bonchev–Trinajstić information content (AvgIpc) is 2.44. The molecule has 1 fully saturated rings. The van der Waals surface area contributed by atoms with E-state index in [0.29, 0.717) is 11.5 Å². The first-order valence-electron chi connectivity index (χ1n) is 8.05. The Bertz CT molecular complexity index is 380. The molecular weight excluding hydrogens is 244 g/mol. The molecule has 0 aromatic heterocycles. The van der Waals surface area contributed by atoms with Gasteiger partial charge in [0.1, 0.15) is 0 Å². The van der Waals surface area contributed by atoms with Gasteiger partial charge in [0.05, 0.1) is 0 Å². The largest absolute Gasteiger partial charge is 0.311 e. The second-order valence-corrected chi connectivity index (χ2v) is 7.12. The Kier molecular flexibility index (Phi) is 5.62. The van der Waals surface area contributed by atoms with Gasteiger partial charge in [-0.1, -0.05) is 51.1 Å². The van der Waals surface area contributed by atoms with E-state index >= 15 is 0 Å². The summed E-state index contributed by atoms with van der Waals surface area (Å²) in [4.78, 5) is 2.64. The SMILES string of the molecule is CC(C)(C)C1CN(CCCCc2ccccc2)CCN1. The molecule has 0 amide bonds. The van der Waals surface area contributed by atoms with Gasteiger partial charge in [0, 0.05) is 25.7 Å². The van der Waals surface area contributed by atoms with Crippen LogP contribution in [-0.2, 0) is 6.42 Å². The number of unbranched alkanes of at least 4 members (excludes halogenated alkanes) is 1. The highest BCUT2D eigenvalue weighted by molar-refractivity contribution is 5.14. The molecule has 20 heavy (non-hydrogen) atoms. The fourth-order valence-electron chi connectivity index (χ4n) is 2.90. The van der Waals surface area contributed by atoms with Gasteiger partial charge in [-0.3, -0.25) is 0 Å². The van der Waals surface area contributed by atoms with Crippen LogP contribution in [0.2, 0.25) is 0 Å². The highest BCUT2D eigenvalue weighted by Crippen LogP contribution is 2.21. The minimum Gasteiger partial charge on any atom is -0.311 e. The van der Waals surface area contributed by atoms with Crippen LogP contribution in [0.1, 0.15) is 39.2 Å². The Morgan fingerprint density at radius 2 is 1.90 bits per heavy atom. The molecule has 1 saturated heterocycles. The van der Waals surface area contributed by atoms with Gasteiger partial charge in [0.2, 0.25) is 0 Å². The van der Waals surface area contributed by atoms with Crippen molar-refractivity contribution in [3.63, 3.8) is 0 Å². The predicted molar refractivity (Wildman–Crippen MR) is 87.1 cm³/mol. The molecule has 1 aromatic rings. The van der Waals surface area contributed by atoms with Gasteiger partial charge in [0.15, 0.2) is 0 Å². The molecule has 1 heterocycles. The predicted octanol–water partition coefficient (Wildman–Crippen LogP) is 3.33. The van der Waals surface area contributed by atoms with Crippen LogP contribution in [-0.4, -0.2) is 37.1 Å². The highest BCUT2D eigenvalue weighted by Gasteiger charge is 2.28. The zero-order chi connectivity index (χ0) is 14.4. The monoisotopic (exact) mass is 274 g/mol. The van der Waals surface area contributed by atoms with E-state index in [4.69, 9.17) is 0 Å². The molecule has 1 aliphatic rings. The fraction of sp³-hybridized carbons (Fsp3) is 0.667. The molecule has 2 heteroatoms. The molecule has 1 unspecified atom stereocenters. The minimum absolute atomic E-state index is 0.364. The summed E-state index contributed by atoms with van der Waals surface area (Å²) in [7, 11) is 0. The highest BCUT2D eigenvalue weighted by atomic mass is 15.2. The number of aryl methyl sites for hydroxylation is 1. The van der Waals surface area contributed by atoms with Gasteiger partial charge in [0.25, 0.3) is 0 Å². The van der Waals surface area contributed by atoms with Crippen LogP contribution in [0.5, 0.6) is 0 Å². The Morgan fingerprint density at radius 1 is 1.15 bits per heavy atom. The summed E-state index contributed by atoms with van der Waals surface area (Å²) in [5.41, 5.74) is 1.84. The number of benzene rings is 1. The van der Waals surface area contributed by atoms with Crippen LogP contribution >= 0.6 is 0 Å². The molecule has 0 spiro atoms. The number of rotatable bonds is 5. The van der Waals surface area contributed by atoms with Crippen LogP contribution in [0.15, 0.2) is 30.3 Å². The summed E-state index contributed by atoms with van der Waals surface area (Å²) < 4.78 is 0. The maximum atomic E-state index is 3.66. The van der Waals surface area contributed by atoms with Crippen molar-refractivity contribution in [1.29, 1.82) is 0 Å². The second-order valence-electron chi connectivity index (χ2n) is 7.12. The van der Waals surface area contributed by atoms with Crippen molar-refractivity contribution >= 4 is 0 Å². The summed E-state index contributed by atoms with van der Waals surface area (Å²) in [5.74, 6) is 0. The number of nitrogens with zero attached hydrogens (tertiary/aromatic N) is 1. The number of nitrogens with one attached hydrogen (secondary N) is 1. The molecule has 1 aromatic carbocycles. The van der Waals surface area contributed by atoms with Crippen molar-refractivity contribution in [2.24, 2.45) is 5.41 Å². The van der Waals surface area contributed by atoms with Crippen molar-refractivity contribution in [1.82, 2.24) is 10.2 Å². The van der Waals surface area contributed by atoms with E-state index in [-0.39, 0.29) is 0 Å². The van der Waals surface area contributed by atoms with E-state index in [0.717, 1.165) is 6.54 Å². The van der Waals surface area contributed by atoms with Crippen LogP contribution in [0.3, 0.4) is 0 Å². The van der Waals surface area contributed by atoms with E-state index in [1.807, 2.05) is 0 Å². The van der Waals surface area contributed by atoms with Crippen molar-refractivity contribution in [2.45, 2.75) is 46.1 Å². The van der Waals surface area contributed by atoms with E-state index in [1.165, 1.54) is 44.5 Å². The lowest BCUT2D eigenvalue weighted by Gasteiger charge is -2.40. The first-order valence-corrected chi connectivity index (χ1v) is 8.05. The lowest BCUT2D eigenvalue weighted by Crippen LogP contribution is -2.55. The molecule has 2 rings (SSSR count). The molecule has 0 radical (unpaired) electrons. The van der Waals surface area contributed by atoms with Crippen molar-refractivity contribution in [3.8, 4) is 0 Å². The maximum absolute atomic E-state index is 3.66. The molecule has 112 valence electrons. The summed E-state index contributed by atoms with van der Waals surface area (Å²) >= 11 is 0. The molecule has 1 atom stereocenters.